The topological polar surface area (TPSA) is 68.1 Å². The van der Waals surface area contributed by atoms with Crippen molar-refractivity contribution < 1.29 is 9.59 Å². The normalized spacial score (nSPS) is 23.2. The predicted molar refractivity (Wildman–Crippen MR) is 58.0 cm³/mol. The standard InChI is InChI=1S/C11H14N4O2/c16-10-2-1-5-14(10)11(17)6-8-3-4-9-7-12-13-15(8)9/h7-8H,1-6H2. The quantitative estimate of drug-likeness (QED) is 0.738. The summed E-state index contributed by atoms with van der Waals surface area (Å²) < 4.78 is 1.82. The van der Waals surface area contributed by atoms with Crippen LogP contribution in [0.4, 0.5) is 0 Å². The fraction of sp³-hybridized carbons (Fsp3) is 0.636. The van der Waals surface area contributed by atoms with Gasteiger partial charge in [0.1, 0.15) is 0 Å². The van der Waals surface area contributed by atoms with E-state index in [1.54, 1.807) is 6.20 Å². The molecule has 1 saturated heterocycles. The van der Waals surface area contributed by atoms with Gasteiger partial charge in [-0.15, -0.1) is 5.10 Å². The lowest BCUT2D eigenvalue weighted by molar-refractivity contribution is -0.142. The van der Waals surface area contributed by atoms with Gasteiger partial charge in [-0.25, -0.2) is 4.68 Å². The van der Waals surface area contributed by atoms with Crippen molar-refractivity contribution >= 4 is 11.8 Å². The Kier molecular flexibility index (Phi) is 2.42. The minimum absolute atomic E-state index is 0.0354. The zero-order valence-corrected chi connectivity index (χ0v) is 9.50. The van der Waals surface area contributed by atoms with Crippen molar-refractivity contribution in [2.45, 2.75) is 38.1 Å². The molecule has 2 amide bonds. The maximum Gasteiger partial charge on any atom is 0.231 e. The molecule has 0 aliphatic carbocycles. The molecule has 0 spiro atoms. The summed E-state index contributed by atoms with van der Waals surface area (Å²) in [6, 6.07) is 0.0772. The molecule has 2 aliphatic rings. The van der Waals surface area contributed by atoms with Gasteiger partial charge in [-0.05, 0) is 19.3 Å². The van der Waals surface area contributed by atoms with Crippen LogP contribution < -0.4 is 0 Å². The van der Waals surface area contributed by atoms with Gasteiger partial charge in [-0.2, -0.15) is 0 Å². The maximum atomic E-state index is 12.0. The minimum atomic E-state index is -0.0687. The summed E-state index contributed by atoms with van der Waals surface area (Å²) in [4.78, 5) is 24.8. The molecular weight excluding hydrogens is 220 g/mol. The van der Waals surface area contributed by atoms with Crippen LogP contribution in [0.25, 0.3) is 0 Å². The predicted octanol–water partition coefficient (Wildman–Crippen LogP) is 0.304. The Hall–Kier alpha value is -1.72. The van der Waals surface area contributed by atoms with Crippen molar-refractivity contribution in [2.75, 3.05) is 6.54 Å². The van der Waals surface area contributed by atoms with Gasteiger partial charge >= 0.3 is 0 Å². The number of aryl methyl sites for hydroxylation is 1. The van der Waals surface area contributed by atoms with E-state index in [2.05, 4.69) is 10.3 Å². The van der Waals surface area contributed by atoms with Crippen molar-refractivity contribution in [1.82, 2.24) is 19.9 Å². The third-order valence-electron chi connectivity index (χ3n) is 3.51. The van der Waals surface area contributed by atoms with Gasteiger partial charge in [0.2, 0.25) is 11.8 Å². The summed E-state index contributed by atoms with van der Waals surface area (Å²) in [5, 5.41) is 7.82. The van der Waals surface area contributed by atoms with Crippen LogP contribution in [0.3, 0.4) is 0 Å². The Morgan fingerprint density at radius 1 is 1.47 bits per heavy atom. The van der Waals surface area contributed by atoms with Crippen molar-refractivity contribution in [2.24, 2.45) is 0 Å². The molecule has 0 radical (unpaired) electrons. The summed E-state index contributed by atoms with van der Waals surface area (Å²) in [6.07, 6.45) is 5.24. The van der Waals surface area contributed by atoms with Crippen LogP contribution >= 0.6 is 0 Å². The van der Waals surface area contributed by atoms with Gasteiger partial charge in [0.05, 0.1) is 17.9 Å². The number of aromatic nitrogens is 3. The van der Waals surface area contributed by atoms with Gasteiger partial charge in [0, 0.05) is 19.4 Å². The minimum Gasteiger partial charge on any atom is -0.283 e. The van der Waals surface area contributed by atoms with Crippen molar-refractivity contribution in [1.29, 1.82) is 0 Å². The van der Waals surface area contributed by atoms with E-state index in [-0.39, 0.29) is 17.9 Å². The number of nitrogens with zero attached hydrogens (tertiary/aromatic N) is 4. The summed E-state index contributed by atoms with van der Waals surface area (Å²) >= 11 is 0. The summed E-state index contributed by atoms with van der Waals surface area (Å²) in [6.45, 7) is 0.578. The lowest BCUT2D eigenvalue weighted by Crippen LogP contribution is -2.33. The number of carbonyl (C=O) groups excluding carboxylic acids is 2. The number of carbonyl (C=O) groups is 2. The molecule has 0 saturated carbocycles. The molecule has 17 heavy (non-hydrogen) atoms. The third kappa shape index (κ3) is 1.73. The summed E-state index contributed by atoms with van der Waals surface area (Å²) in [7, 11) is 0. The molecule has 0 aromatic carbocycles. The van der Waals surface area contributed by atoms with Crippen molar-refractivity contribution in [3.05, 3.63) is 11.9 Å². The molecule has 6 heteroatoms. The molecule has 1 aromatic heterocycles. The second-order valence-corrected chi connectivity index (χ2v) is 4.61. The number of amides is 2. The lowest BCUT2D eigenvalue weighted by Gasteiger charge is -2.16. The van der Waals surface area contributed by atoms with Crippen LogP contribution in [0.15, 0.2) is 6.20 Å². The van der Waals surface area contributed by atoms with E-state index in [1.165, 1.54) is 4.90 Å². The van der Waals surface area contributed by atoms with Gasteiger partial charge in [0.15, 0.2) is 0 Å². The number of imide groups is 1. The van der Waals surface area contributed by atoms with E-state index in [0.29, 0.717) is 19.4 Å². The lowest BCUT2D eigenvalue weighted by atomic mass is 10.1. The number of hydrogen-bond donors (Lipinski definition) is 0. The first-order valence-corrected chi connectivity index (χ1v) is 5.98. The molecular formula is C11H14N4O2. The number of hydrogen-bond acceptors (Lipinski definition) is 4. The molecule has 2 aliphatic heterocycles. The fourth-order valence-electron chi connectivity index (χ4n) is 2.60. The molecule has 3 heterocycles. The molecule has 1 atom stereocenters. The highest BCUT2D eigenvalue weighted by Crippen LogP contribution is 2.27. The van der Waals surface area contributed by atoms with Crippen molar-refractivity contribution in [3.8, 4) is 0 Å². The molecule has 90 valence electrons. The zero-order valence-electron chi connectivity index (χ0n) is 9.50. The smallest absolute Gasteiger partial charge is 0.231 e. The Balaban J connectivity index is 1.68. The highest BCUT2D eigenvalue weighted by Gasteiger charge is 2.31. The van der Waals surface area contributed by atoms with Gasteiger partial charge in [-0.1, -0.05) is 5.21 Å². The van der Waals surface area contributed by atoms with Gasteiger partial charge in [-0.3, -0.25) is 14.5 Å². The van der Waals surface area contributed by atoms with Crippen molar-refractivity contribution in [3.63, 3.8) is 0 Å². The molecule has 3 rings (SSSR count). The molecule has 1 aromatic rings. The first kappa shape index (κ1) is 10.4. The SMILES string of the molecule is O=C1CCCN1C(=O)CC1CCc2cnnn21. The summed E-state index contributed by atoms with van der Waals surface area (Å²) in [5.41, 5.74) is 1.08. The first-order chi connectivity index (χ1) is 8.25. The van der Waals surface area contributed by atoms with E-state index in [0.717, 1.165) is 25.0 Å². The Morgan fingerprint density at radius 2 is 2.35 bits per heavy atom. The van der Waals surface area contributed by atoms with E-state index in [4.69, 9.17) is 0 Å². The maximum absolute atomic E-state index is 12.0. The molecule has 0 bridgehead atoms. The second kappa shape index (κ2) is 3.94. The molecule has 1 fully saturated rings. The van der Waals surface area contributed by atoms with Crippen LogP contribution in [-0.2, 0) is 16.0 Å². The average molecular weight is 234 g/mol. The van der Waals surface area contributed by atoms with Crippen LogP contribution in [-0.4, -0.2) is 38.3 Å². The van der Waals surface area contributed by atoms with Gasteiger partial charge in [0.25, 0.3) is 0 Å². The largest absolute Gasteiger partial charge is 0.283 e. The second-order valence-electron chi connectivity index (χ2n) is 4.61. The van der Waals surface area contributed by atoms with Gasteiger partial charge < -0.3 is 0 Å². The highest BCUT2D eigenvalue weighted by molar-refractivity contribution is 5.96. The van der Waals surface area contributed by atoms with E-state index in [9.17, 15) is 9.59 Å². The Labute approximate surface area is 98.6 Å². The third-order valence-corrected chi connectivity index (χ3v) is 3.51. The first-order valence-electron chi connectivity index (χ1n) is 5.98. The van der Waals surface area contributed by atoms with E-state index < -0.39 is 0 Å². The average Bonchev–Trinajstić information content (AvgIpc) is 2.96. The summed E-state index contributed by atoms with van der Waals surface area (Å²) in [5.74, 6) is -0.104. The van der Waals surface area contributed by atoms with Crippen LogP contribution in [0, 0.1) is 0 Å². The Bertz CT molecular complexity index is 468. The molecule has 0 N–H and O–H groups in total. The number of fused-ring (bicyclic) bond motifs is 1. The van der Waals surface area contributed by atoms with E-state index >= 15 is 0 Å². The van der Waals surface area contributed by atoms with E-state index in [1.807, 2.05) is 4.68 Å². The van der Waals surface area contributed by atoms with Crippen LogP contribution in [0.1, 0.15) is 37.4 Å². The Morgan fingerprint density at radius 3 is 3.12 bits per heavy atom. The number of likely N-dealkylation sites (tertiary alicyclic amines) is 1. The zero-order chi connectivity index (χ0) is 11.8. The monoisotopic (exact) mass is 234 g/mol. The fourth-order valence-corrected chi connectivity index (χ4v) is 2.60. The van der Waals surface area contributed by atoms with Crippen LogP contribution in [0.5, 0.6) is 0 Å². The highest BCUT2D eigenvalue weighted by atomic mass is 16.2. The molecule has 6 nitrogen and oxygen atoms in total. The molecule has 1 unspecified atom stereocenters. The van der Waals surface area contributed by atoms with Crippen LogP contribution in [0.2, 0.25) is 0 Å². The number of rotatable bonds is 2.